The molecule has 0 unspecified atom stereocenters. The van der Waals surface area contributed by atoms with E-state index in [1.807, 2.05) is 0 Å². The molecule has 0 aromatic heterocycles. The van der Waals surface area contributed by atoms with Gasteiger partial charge in [-0.05, 0) is 43.4 Å². The fourth-order valence-corrected chi connectivity index (χ4v) is 3.07. The van der Waals surface area contributed by atoms with Crippen LogP contribution in [0, 0.1) is 12.8 Å². The molecule has 1 aromatic carbocycles. The number of carbonyl (C=O) groups is 1. The highest BCUT2D eigenvalue weighted by Crippen LogP contribution is 2.32. The lowest BCUT2D eigenvalue weighted by atomic mass is 10.2. The van der Waals surface area contributed by atoms with Gasteiger partial charge in [0.05, 0.1) is 7.11 Å². The fourth-order valence-electron chi connectivity index (χ4n) is 1.82. The third-order valence-electron chi connectivity index (χ3n) is 3.03. The van der Waals surface area contributed by atoms with Crippen LogP contribution in [0.5, 0.6) is 5.75 Å². The van der Waals surface area contributed by atoms with Crippen LogP contribution in [0.25, 0.3) is 0 Å². The lowest BCUT2D eigenvalue weighted by Gasteiger charge is -2.11. The second-order valence-corrected chi connectivity index (χ2v) is 6.48. The highest BCUT2D eigenvalue weighted by molar-refractivity contribution is 7.90. The van der Waals surface area contributed by atoms with Gasteiger partial charge in [-0.1, -0.05) is 6.07 Å². The van der Waals surface area contributed by atoms with Crippen molar-refractivity contribution in [3.63, 3.8) is 0 Å². The standard InChI is InChI=1S/C13H17NO4S/c1-9-3-6-11(18-2)12(7-9)19(16,17)14-13(15)8-10-4-5-10/h3,6-7,10H,4-5,8H2,1-2H3,(H,14,15). The quantitative estimate of drug-likeness (QED) is 0.891. The van der Waals surface area contributed by atoms with Crippen LogP contribution in [-0.2, 0) is 14.8 Å². The van der Waals surface area contributed by atoms with Gasteiger partial charge in [-0.3, -0.25) is 4.79 Å². The summed E-state index contributed by atoms with van der Waals surface area (Å²) in [6, 6.07) is 4.82. The van der Waals surface area contributed by atoms with Crippen molar-refractivity contribution in [2.24, 2.45) is 5.92 Å². The summed E-state index contributed by atoms with van der Waals surface area (Å²) in [5, 5.41) is 0. The van der Waals surface area contributed by atoms with Crippen molar-refractivity contribution in [2.45, 2.75) is 31.1 Å². The maximum Gasteiger partial charge on any atom is 0.267 e. The van der Waals surface area contributed by atoms with Gasteiger partial charge in [-0.25, -0.2) is 13.1 Å². The molecule has 1 N–H and O–H groups in total. The summed E-state index contributed by atoms with van der Waals surface area (Å²) in [6.45, 7) is 1.78. The highest BCUT2D eigenvalue weighted by atomic mass is 32.2. The number of hydrogen-bond donors (Lipinski definition) is 1. The molecule has 0 bridgehead atoms. The van der Waals surface area contributed by atoms with Gasteiger partial charge in [-0.2, -0.15) is 0 Å². The van der Waals surface area contributed by atoms with E-state index >= 15 is 0 Å². The van der Waals surface area contributed by atoms with E-state index < -0.39 is 15.9 Å². The van der Waals surface area contributed by atoms with Gasteiger partial charge in [0.25, 0.3) is 10.0 Å². The Morgan fingerprint density at radius 1 is 1.42 bits per heavy atom. The number of benzene rings is 1. The number of nitrogens with one attached hydrogen (secondary N) is 1. The molecule has 1 amide bonds. The van der Waals surface area contributed by atoms with Crippen LogP contribution in [-0.4, -0.2) is 21.4 Å². The largest absolute Gasteiger partial charge is 0.495 e. The molecule has 19 heavy (non-hydrogen) atoms. The van der Waals surface area contributed by atoms with Gasteiger partial charge in [-0.15, -0.1) is 0 Å². The topological polar surface area (TPSA) is 72.5 Å². The Morgan fingerprint density at radius 3 is 2.68 bits per heavy atom. The van der Waals surface area contributed by atoms with Crippen molar-refractivity contribution in [2.75, 3.05) is 7.11 Å². The minimum absolute atomic E-state index is 0.000790. The average molecular weight is 283 g/mol. The van der Waals surface area contributed by atoms with Crippen LogP contribution >= 0.6 is 0 Å². The molecular weight excluding hydrogens is 266 g/mol. The third kappa shape index (κ3) is 3.47. The van der Waals surface area contributed by atoms with Crippen LogP contribution in [0.3, 0.4) is 0 Å². The SMILES string of the molecule is COc1ccc(C)cc1S(=O)(=O)NC(=O)CC1CC1. The maximum atomic E-state index is 12.2. The number of hydrogen-bond acceptors (Lipinski definition) is 4. The number of rotatable bonds is 5. The molecule has 0 spiro atoms. The zero-order valence-electron chi connectivity index (χ0n) is 11.0. The Balaban J connectivity index is 2.22. The van der Waals surface area contributed by atoms with Gasteiger partial charge >= 0.3 is 0 Å². The van der Waals surface area contributed by atoms with E-state index in [4.69, 9.17) is 4.74 Å². The molecule has 2 rings (SSSR count). The second-order valence-electron chi connectivity index (χ2n) is 4.83. The van der Waals surface area contributed by atoms with Crippen molar-refractivity contribution < 1.29 is 17.9 Å². The first kappa shape index (κ1) is 13.9. The number of carbonyl (C=O) groups excluding carboxylic acids is 1. The van der Waals surface area contributed by atoms with Crippen LogP contribution in [0.15, 0.2) is 23.1 Å². The molecule has 1 aliphatic rings. The van der Waals surface area contributed by atoms with Crippen molar-refractivity contribution >= 4 is 15.9 Å². The summed E-state index contributed by atoms with van der Waals surface area (Å²) in [5.41, 5.74) is 0.788. The minimum Gasteiger partial charge on any atom is -0.495 e. The van der Waals surface area contributed by atoms with E-state index in [0.717, 1.165) is 18.4 Å². The van der Waals surface area contributed by atoms with E-state index in [-0.39, 0.29) is 17.1 Å². The van der Waals surface area contributed by atoms with E-state index in [1.54, 1.807) is 19.1 Å². The van der Waals surface area contributed by atoms with E-state index in [1.165, 1.54) is 13.2 Å². The van der Waals surface area contributed by atoms with Gasteiger partial charge < -0.3 is 4.74 Å². The zero-order chi connectivity index (χ0) is 14.0. The van der Waals surface area contributed by atoms with Gasteiger partial charge in [0.2, 0.25) is 5.91 Å². The fraction of sp³-hybridized carbons (Fsp3) is 0.462. The van der Waals surface area contributed by atoms with E-state index in [0.29, 0.717) is 5.92 Å². The van der Waals surface area contributed by atoms with Crippen molar-refractivity contribution in [3.05, 3.63) is 23.8 Å². The summed E-state index contributed by atoms with van der Waals surface area (Å²) in [6.07, 6.45) is 2.27. The predicted octanol–water partition coefficient (Wildman–Crippen LogP) is 1.61. The first-order valence-corrected chi connectivity index (χ1v) is 7.61. The molecular formula is C13H17NO4S. The number of amides is 1. The number of aryl methyl sites for hydroxylation is 1. The molecule has 5 nitrogen and oxygen atoms in total. The van der Waals surface area contributed by atoms with Gasteiger partial charge in [0, 0.05) is 6.42 Å². The zero-order valence-corrected chi connectivity index (χ0v) is 11.8. The van der Waals surface area contributed by atoms with Crippen LogP contribution in [0.1, 0.15) is 24.8 Å². The first-order valence-electron chi connectivity index (χ1n) is 6.12. The molecule has 1 saturated carbocycles. The monoisotopic (exact) mass is 283 g/mol. The van der Waals surface area contributed by atoms with E-state index in [9.17, 15) is 13.2 Å². The van der Waals surface area contributed by atoms with Crippen LogP contribution in [0.2, 0.25) is 0 Å². The Bertz CT molecular complexity index is 591. The van der Waals surface area contributed by atoms with Gasteiger partial charge in [0.1, 0.15) is 10.6 Å². The summed E-state index contributed by atoms with van der Waals surface area (Å²) < 4.78 is 31.5. The van der Waals surface area contributed by atoms with Crippen molar-refractivity contribution in [1.82, 2.24) is 4.72 Å². The molecule has 1 aliphatic carbocycles. The second kappa shape index (κ2) is 5.21. The smallest absolute Gasteiger partial charge is 0.267 e. The van der Waals surface area contributed by atoms with Crippen LogP contribution in [0.4, 0.5) is 0 Å². The minimum atomic E-state index is -3.87. The van der Waals surface area contributed by atoms with Crippen molar-refractivity contribution in [3.8, 4) is 5.75 Å². The molecule has 0 atom stereocenters. The molecule has 1 aromatic rings. The maximum absolute atomic E-state index is 12.2. The molecule has 0 heterocycles. The lowest BCUT2D eigenvalue weighted by molar-refractivity contribution is -0.119. The summed E-state index contributed by atoms with van der Waals surface area (Å²) in [7, 11) is -2.47. The molecule has 6 heteroatoms. The lowest BCUT2D eigenvalue weighted by Crippen LogP contribution is -2.31. The first-order chi connectivity index (χ1) is 8.92. The molecule has 104 valence electrons. The Labute approximate surface area is 113 Å². The number of sulfonamides is 1. The third-order valence-corrected chi connectivity index (χ3v) is 4.42. The molecule has 0 saturated heterocycles. The Kier molecular flexibility index (Phi) is 3.80. The van der Waals surface area contributed by atoms with E-state index in [2.05, 4.69) is 4.72 Å². The Hall–Kier alpha value is -1.56. The average Bonchev–Trinajstić information content (AvgIpc) is 3.12. The molecule has 0 radical (unpaired) electrons. The van der Waals surface area contributed by atoms with Crippen LogP contribution < -0.4 is 9.46 Å². The van der Waals surface area contributed by atoms with Gasteiger partial charge in [0.15, 0.2) is 0 Å². The number of methoxy groups -OCH3 is 1. The summed E-state index contributed by atoms with van der Waals surface area (Å²) in [4.78, 5) is 11.6. The number of ether oxygens (including phenoxy) is 1. The Morgan fingerprint density at radius 2 is 2.11 bits per heavy atom. The van der Waals surface area contributed by atoms with Crippen molar-refractivity contribution in [1.29, 1.82) is 0 Å². The molecule has 0 aliphatic heterocycles. The summed E-state index contributed by atoms with van der Waals surface area (Å²) in [5.74, 6) is 0.123. The highest BCUT2D eigenvalue weighted by Gasteiger charge is 2.28. The molecule has 1 fully saturated rings. The summed E-state index contributed by atoms with van der Waals surface area (Å²) >= 11 is 0. The normalized spacial score (nSPS) is 15.1. The predicted molar refractivity (Wildman–Crippen MR) is 70.4 cm³/mol.